The summed E-state index contributed by atoms with van der Waals surface area (Å²) in [4.78, 5) is 4.19. The maximum atomic E-state index is 12.6. The number of hydrogen-bond donors (Lipinski definition) is 1. The van der Waals surface area contributed by atoms with Crippen molar-refractivity contribution >= 4 is 0 Å². The number of alkyl halides is 4. The van der Waals surface area contributed by atoms with Crippen LogP contribution in [0, 0.1) is 0 Å². The van der Waals surface area contributed by atoms with E-state index in [2.05, 4.69) is 15.0 Å². The van der Waals surface area contributed by atoms with E-state index in [9.17, 15) is 17.6 Å². The summed E-state index contributed by atoms with van der Waals surface area (Å²) in [5.41, 5.74) is 1.19. The molecule has 0 aliphatic rings. The summed E-state index contributed by atoms with van der Waals surface area (Å²) in [6, 6.07) is 5.11. The number of hydrogen-bond acceptors (Lipinski definition) is 3. The van der Waals surface area contributed by atoms with Crippen molar-refractivity contribution in [1.29, 1.82) is 0 Å². The van der Waals surface area contributed by atoms with Gasteiger partial charge in [0, 0.05) is 6.54 Å². The van der Waals surface area contributed by atoms with Crippen molar-refractivity contribution in [1.82, 2.24) is 10.3 Å². The molecule has 1 heterocycles. The zero-order valence-electron chi connectivity index (χ0n) is 11.2. The zero-order chi connectivity index (χ0) is 15.0. The number of ether oxygens (including phenoxy) is 1. The summed E-state index contributed by atoms with van der Waals surface area (Å²) in [7, 11) is 0. The Bertz CT molecular complexity index is 402. The third-order valence-corrected chi connectivity index (χ3v) is 2.46. The molecule has 20 heavy (non-hydrogen) atoms. The minimum absolute atomic E-state index is 0.218. The van der Waals surface area contributed by atoms with Gasteiger partial charge in [-0.3, -0.25) is 4.98 Å². The highest BCUT2D eigenvalue weighted by Gasteiger charge is 2.40. The van der Waals surface area contributed by atoms with E-state index in [-0.39, 0.29) is 6.61 Å². The summed E-state index contributed by atoms with van der Waals surface area (Å²) in [5.74, 6) is -4.12. The molecule has 0 aromatic carbocycles. The molecule has 1 aromatic heterocycles. The van der Waals surface area contributed by atoms with Crippen LogP contribution in [0.5, 0.6) is 0 Å². The van der Waals surface area contributed by atoms with Crippen molar-refractivity contribution in [2.75, 3.05) is 13.2 Å². The fourth-order valence-corrected chi connectivity index (χ4v) is 1.46. The quantitative estimate of drug-likeness (QED) is 0.561. The number of aromatic nitrogens is 1. The van der Waals surface area contributed by atoms with Gasteiger partial charge in [-0.2, -0.15) is 8.78 Å². The van der Waals surface area contributed by atoms with Crippen molar-refractivity contribution in [2.24, 2.45) is 0 Å². The monoisotopic (exact) mass is 294 g/mol. The smallest absolute Gasteiger partial charge is 0.330 e. The Morgan fingerprint density at radius 3 is 2.65 bits per heavy atom. The molecule has 3 nitrogen and oxygen atoms in total. The molecule has 0 radical (unpaired) electrons. The third kappa shape index (κ3) is 5.83. The van der Waals surface area contributed by atoms with Gasteiger partial charge in [0.1, 0.15) is 6.61 Å². The van der Waals surface area contributed by atoms with Crippen molar-refractivity contribution < 1.29 is 22.3 Å². The minimum atomic E-state index is -4.12. The topological polar surface area (TPSA) is 34.1 Å². The van der Waals surface area contributed by atoms with Crippen LogP contribution >= 0.6 is 0 Å². The number of nitrogens with one attached hydrogen (secondary N) is 1. The number of halogens is 4. The van der Waals surface area contributed by atoms with E-state index >= 15 is 0 Å². The van der Waals surface area contributed by atoms with Crippen LogP contribution < -0.4 is 5.32 Å². The largest absolute Gasteiger partial charge is 0.369 e. The van der Waals surface area contributed by atoms with Crippen molar-refractivity contribution in [3.05, 3.63) is 29.6 Å². The molecule has 7 heteroatoms. The second-order valence-corrected chi connectivity index (χ2v) is 4.35. The molecule has 0 aliphatic heterocycles. The van der Waals surface area contributed by atoms with Gasteiger partial charge in [-0.25, -0.2) is 8.78 Å². The van der Waals surface area contributed by atoms with E-state index in [0.717, 1.165) is 18.7 Å². The van der Waals surface area contributed by atoms with Gasteiger partial charge in [-0.1, -0.05) is 13.0 Å². The van der Waals surface area contributed by atoms with Crippen molar-refractivity contribution in [3.8, 4) is 0 Å². The van der Waals surface area contributed by atoms with Crippen LogP contribution in [-0.4, -0.2) is 30.5 Å². The molecular formula is C13H18F4N2O. The van der Waals surface area contributed by atoms with E-state index in [4.69, 9.17) is 0 Å². The first-order valence-corrected chi connectivity index (χ1v) is 6.35. The first-order valence-electron chi connectivity index (χ1n) is 6.35. The highest BCUT2D eigenvalue weighted by atomic mass is 19.3. The number of rotatable bonds is 9. The highest BCUT2D eigenvalue weighted by molar-refractivity contribution is 5.10. The molecule has 0 fully saturated rings. The molecule has 0 aliphatic carbocycles. The van der Waals surface area contributed by atoms with E-state index in [1.165, 1.54) is 0 Å². The first kappa shape index (κ1) is 16.8. The van der Waals surface area contributed by atoms with E-state index < -0.39 is 19.0 Å². The molecule has 0 bridgehead atoms. The molecule has 1 aromatic rings. The van der Waals surface area contributed by atoms with Gasteiger partial charge in [0.2, 0.25) is 0 Å². The molecular weight excluding hydrogens is 276 g/mol. The van der Waals surface area contributed by atoms with Gasteiger partial charge in [-0.15, -0.1) is 0 Å². The van der Waals surface area contributed by atoms with Gasteiger partial charge >= 0.3 is 12.3 Å². The molecule has 0 saturated heterocycles. The fourth-order valence-electron chi connectivity index (χ4n) is 1.46. The van der Waals surface area contributed by atoms with Crippen LogP contribution in [0.15, 0.2) is 18.2 Å². The Kier molecular flexibility index (Phi) is 6.87. The van der Waals surface area contributed by atoms with Crippen LogP contribution in [0.25, 0.3) is 0 Å². The predicted molar refractivity (Wildman–Crippen MR) is 66.8 cm³/mol. The van der Waals surface area contributed by atoms with Crippen LogP contribution in [0.2, 0.25) is 0 Å². The summed E-state index contributed by atoms with van der Waals surface area (Å²) >= 11 is 0. The molecule has 0 atom stereocenters. The minimum Gasteiger partial charge on any atom is -0.369 e. The van der Waals surface area contributed by atoms with Gasteiger partial charge < -0.3 is 10.1 Å². The van der Waals surface area contributed by atoms with Crippen molar-refractivity contribution in [2.45, 2.75) is 38.8 Å². The lowest BCUT2D eigenvalue weighted by Crippen LogP contribution is -2.32. The predicted octanol–water partition coefficient (Wildman–Crippen LogP) is 3.00. The maximum absolute atomic E-state index is 12.6. The lowest BCUT2D eigenvalue weighted by atomic mass is 10.3. The Labute approximate surface area is 115 Å². The lowest BCUT2D eigenvalue weighted by Gasteiger charge is -2.15. The zero-order valence-corrected chi connectivity index (χ0v) is 11.2. The third-order valence-electron chi connectivity index (χ3n) is 2.46. The molecule has 0 spiro atoms. The maximum Gasteiger partial charge on any atom is 0.330 e. The SMILES string of the molecule is CCCNCc1cccc(COCC(F)(F)C(F)F)n1. The Morgan fingerprint density at radius 2 is 2.00 bits per heavy atom. The van der Waals surface area contributed by atoms with Crippen LogP contribution in [0.1, 0.15) is 24.7 Å². The molecule has 114 valence electrons. The van der Waals surface area contributed by atoms with E-state index in [1.807, 2.05) is 6.92 Å². The molecule has 1 N–H and O–H groups in total. The summed E-state index contributed by atoms with van der Waals surface area (Å²) in [5, 5.41) is 3.15. The van der Waals surface area contributed by atoms with Crippen LogP contribution in [0.4, 0.5) is 17.6 Å². The highest BCUT2D eigenvalue weighted by Crippen LogP contribution is 2.23. The number of pyridine rings is 1. The van der Waals surface area contributed by atoms with E-state index in [1.54, 1.807) is 18.2 Å². The van der Waals surface area contributed by atoms with Crippen molar-refractivity contribution in [3.63, 3.8) is 0 Å². The van der Waals surface area contributed by atoms with Gasteiger partial charge in [0.25, 0.3) is 0 Å². The summed E-state index contributed by atoms with van der Waals surface area (Å²) in [6.45, 7) is 1.92. The summed E-state index contributed by atoms with van der Waals surface area (Å²) in [6.07, 6.45) is -2.73. The van der Waals surface area contributed by atoms with Gasteiger partial charge in [0.05, 0.1) is 18.0 Å². The second-order valence-electron chi connectivity index (χ2n) is 4.35. The molecule has 0 amide bonds. The standard InChI is InChI=1S/C13H18F4N2O/c1-2-6-18-7-10-4-3-5-11(19-10)8-20-9-13(16,17)12(14)15/h3-5,12,18H,2,6-9H2,1H3. The molecule has 1 rings (SSSR count). The fraction of sp³-hybridized carbons (Fsp3) is 0.615. The molecule has 0 saturated carbocycles. The average molecular weight is 294 g/mol. The normalized spacial score (nSPS) is 12.1. The van der Waals surface area contributed by atoms with E-state index in [0.29, 0.717) is 12.2 Å². The van der Waals surface area contributed by atoms with Crippen LogP contribution in [0.3, 0.4) is 0 Å². The molecule has 0 unspecified atom stereocenters. The lowest BCUT2D eigenvalue weighted by molar-refractivity contribution is -0.168. The van der Waals surface area contributed by atoms with Crippen LogP contribution in [-0.2, 0) is 17.9 Å². The Morgan fingerprint density at radius 1 is 1.30 bits per heavy atom. The summed E-state index contributed by atoms with van der Waals surface area (Å²) < 4.78 is 53.7. The van der Waals surface area contributed by atoms with Gasteiger partial charge in [-0.05, 0) is 25.1 Å². The average Bonchev–Trinajstić information content (AvgIpc) is 2.39. The Balaban J connectivity index is 2.42. The second kappa shape index (κ2) is 8.16. The first-order chi connectivity index (χ1) is 9.45. The Hall–Kier alpha value is -1.21. The number of nitrogens with zero attached hydrogens (tertiary/aromatic N) is 1. The van der Waals surface area contributed by atoms with Gasteiger partial charge in [0.15, 0.2) is 0 Å².